The molecule has 2 aromatic rings. The van der Waals surface area contributed by atoms with Gasteiger partial charge in [0.05, 0.1) is 11.3 Å². The molecule has 0 saturated heterocycles. The minimum absolute atomic E-state index is 0.136. The molecule has 0 heterocycles. The third-order valence-electron chi connectivity index (χ3n) is 2.74. The molecule has 0 aliphatic carbocycles. The van der Waals surface area contributed by atoms with E-state index < -0.39 is 0 Å². The Hall–Kier alpha value is -1.89. The Morgan fingerprint density at radius 3 is 2.35 bits per heavy atom. The largest absolute Gasteiger partial charge is 0.507 e. The molecule has 5 heteroatoms. The lowest BCUT2D eigenvalue weighted by atomic mass is 10.1. The first-order valence-electron chi connectivity index (χ1n) is 5.97. The van der Waals surface area contributed by atoms with Gasteiger partial charge in [-0.25, -0.2) is 5.43 Å². The van der Waals surface area contributed by atoms with E-state index in [1.807, 2.05) is 12.1 Å². The molecule has 2 rings (SSSR count). The van der Waals surface area contributed by atoms with E-state index >= 15 is 0 Å². The molecule has 0 spiro atoms. The van der Waals surface area contributed by atoms with Crippen molar-refractivity contribution >= 4 is 34.2 Å². The zero-order chi connectivity index (χ0) is 14.5. The highest BCUT2D eigenvalue weighted by molar-refractivity contribution is 14.1. The molecule has 0 unspecified atom stereocenters. The van der Waals surface area contributed by atoms with Gasteiger partial charge in [-0.3, -0.25) is 4.79 Å². The number of benzene rings is 2. The third-order valence-corrected chi connectivity index (χ3v) is 3.68. The van der Waals surface area contributed by atoms with Gasteiger partial charge in [-0.1, -0.05) is 24.3 Å². The van der Waals surface area contributed by atoms with Crippen LogP contribution in [0.5, 0.6) is 5.75 Å². The Morgan fingerprint density at radius 1 is 1.10 bits per heavy atom. The molecule has 4 nitrogen and oxygen atoms in total. The average Bonchev–Trinajstić information content (AvgIpc) is 2.45. The highest BCUT2D eigenvalue weighted by atomic mass is 127. The van der Waals surface area contributed by atoms with Crippen molar-refractivity contribution in [3.05, 3.63) is 63.2 Å². The van der Waals surface area contributed by atoms with E-state index in [9.17, 15) is 9.90 Å². The van der Waals surface area contributed by atoms with Crippen LogP contribution in [0.3, 0.4) is 0 Å². The molecule has 0 fully saturated rings. The van der Waals surface area contributed by atoms with E-state index in [4.69, 9.17) is 0 Å². The first kappa shape index (κ1) is 14.5. The van der Waals surface area contributed by atoms with Crippen LogP contribution < -0.4 is 5.43 Å². The van der Waals surface area contributed by atoms with Crippen molar-refractivity contribution in [2.45, 2.75) is 6.92 Å². The zero-order valence-corrected chi connectivity index (χ0v) is 13.0. The molecule has 102 valence electrons. The van der Waals surface area contributed by atoms with Crippen LogP contribution in [0, 0.1) is 3.57 Å². The van der Waals surface area contributed by atoms with Gasteiger partial charge >= 0.3 is 0 Å². The molecule has 0 atom stereocenters. The smallest absolute Gasteiger partial charge is 0.272 e. The predicted molar refractivity (Wildman–Crippen MR) is 86.9 cm³/mol. The summed E-state index contributed by atoms with van der Waals surface area (Å²) in [5.74, 6) is -0.137. The van der Waals surface area contributed by atoms with Crippen LogP contribution in [0.1, 0.15) is 22.8 Å². The summed E-state index contributed by atoms with van der Waals surface area (Å²) >= 11 is 2.10. The maximum Gasteiger partial charge on any atom is 0.272 e. The van der Waals surface area contributed by atoms with Gasteiger partial charge in [-0.2, -0.15) is 5.10 Å². The van der Waals surface area contributed by atoms with E-state index in [2.05, 4.69) is 33.1 Å². The molecular formula is C15H13IN2O2. The van der Waals surface area contributed by atoms with Crippen molar-refractivity contribution in [2.24, 2.45) is 5.10 Å². The Morgan fingerprint density at radius 2 is 1.70 bits per heavy atom. The van der Waals surface area contributed by atoms with Gasteiger partial charge in [-0.15, -0.1) is 0 Å². The standard InChI is InChI=1S/C15H13IN2O2/c1-10(11-6-3-5-9-14(11)19)17-18-15(20)12-7-2-4-8-13(12)16/h2-9,19H,1H3,(H,18,20)/b17-10+. The normalized spacial score (nSPS) is 11.2. The van der Waals surface area contributed by atoms with Gasteiger partial charge in [0.1, 0.15) is 5.75 Å². The molecule has 2 N–H and O–H groups in total. The number of aromatic hydroxyl groups is 1. The summed E-state index contributed by atoms with van der Waals surface area (Å²) in [5, 5.41) is 13.7. The molecule has 0 aliphatic rings. The Bertz CT molecular complexity index is 668. The van der Waals surface area contributed by atoms with E-state index in [1.165, 1.54) is 0 Å². The summed E-state index contributed by atoms with van der Waals surface area (Å²) in [6.45, 7) is 1.73. The quantitative estimate of drug-likeness (QED) is 0.488. The second-order valence-corrected chi connectivity index (χ2v) is 5.30. The predicted octanol–water partition coefficient (Wildman–Crippen LogP) is 3.15. The maximum atomic E-state index is 12.0. The fourth-order valence-electron chi connectivity index (χ4n) is 1.68. The second-order valence-electron chi connectivity index (χ2n) is 4.14. The van der Waals surface area contributed by atoms with Crippen LogP contribution in [0.15, 0.2) is 53.6 Å². The minimum Gasteiger partial charge on any atom is -0.507 e. The monoisotopic (exact) mass is 380 g/mol. The summed E-state index contributed by atoms with van der Waals surface area (Å²) in [4.78, 5) is 12.0. The topological polar surface area (TPSA) is 61.7 Å². The number of rotatable bonds is 3. The Kier molecular flexibility index (Phi) is 4.73. The summed E-state index contributed by atoms with van der Waals surface area (Å²) in [5.41, 5.74) is 4.21. The molecule has 1 amide bonds. The van der Waals surface area contributed by atoms with Crippen molar-refractivity contribution in [3.8, 4) is 5.75 Å². The van der Waals surface area contributed by atoms with Crippen molar-refractivity contribution in [2.75, 3.05) is 0 Å². The molecule has 0 aromatic heterocycles. The summed E-state index contributed by atoms with van der Waals surface area (Å²) in [7, 11) is 0. The molecular weight excluding hydrogens is 367 g/mol. The fraction of sp³-hybridized carbons (Fsp3) is 0.0667. The van der Waals surface area contributed by atoms with Gasteiger partial charge in [0, 0.05) is 9.13 Å². The minimum atomic E-state index is -0.273. The number of hydrazone groups is 1. The molecule has 20 heavy (non-hydrogen) atoms. The lowest BCUT2D eigenvalue weighted by Gasteiger charge is -2.05. The number of carbonyl (C=O) groups is 1. The molecule has 0 bridgehead atoms. The molecule has 0 aliphatic heterocycles. The SMILES string of the molecule is C/C(=N\NC(=O)c1ccccc1I)c1ccccc1O. The van der Waals surface area contributed by atoms with E-state index in [0.717, 1.165) is 3.57 Å². The van der Waals surface area contributed by atoms with Gasteiger partial charge in [0.25, 0.3) is 5.91 Å². The Balaban J connectivity index is 2.16. The van der Waals surface area contributed by atoms with E-state index in [-0.39, 0.29) is 11.7 Å². The number of nitrogens with zero attached hydrogens (tertiary/aromatic N) is 1. The number of phenolic OH excluding ortho intramolecular Hbond substituents is 1. The van der Waals surface area contributed by atoms with Crippen LogP contribution in [0.2, 0.25) is 0 Å². The number of nitrogens with one attached hydrogen (secondary N) is 1. The first-order valence-corrected chi connectivity index (χ1v) is 7.05. The van der Waals surface area contributed by atoms with E-state index in [1.54, 1.807) is 43.3 Å². The van der Waals surface area contributed by atoms with Crippen LogP contribution in [-0.4, -0.2) is 16.7 Å². The van der Waals surface area contributed by atoms with Gasteiger partial charge < -0.3 is 5.11 Å². The second kappa shape index (κ2) is 6.51. The van der Waals surface area contributed by atoms with E-state index in [0.29, 0.717) is 16.8 Å². The number of halogens is 1. The van der Waals surface area contributed by atoms with Crippen LogP contribution in [-0.2, 0) is 0 Å². The summed E-state index contributed by atoms with van der Waals surface area (Å²) in [6, 6.07) is 14.1. The number of hydrogen-bond donors (Lipinski definition) is 2. The number of carbonyl (C=O) groups excluding carboxylic acids is 1. The lowest BCUT2D eigenvalue weighted by Crippen LogP contribution is -2.20. The number of para-hydroxylation sites is 1. The lowest BCUT2D eigenvalue weighted by molar-refractivity contribution is 0.0954. The molecule has 0 radical (unpaired) electrons. The first-order chi connectivity index (χ1) is 9.59. The maximum absolute atomic E-state index is 12.0. The van der Waals surface area contributed by atoms with Crippen LogP contribution in [0.25, 0.3) is 0 Å². The summed E-state index contributed by atoms with van der Waals surface area (Å²) in [6.07, 6.45) is 0. The zero-order valence-electron chi connectivity index (χ0n) is 10.8. The molecule has 0 saturated carbocycles. The summed E-state index contributed by atoms with van der Waals surface area (Å²) < 4.78 is 0.859. The highest BCUT2D eigenvalue weighted by Crippen LogP contribution is 2.16. The fourth-order valence-corrected chi connectivity index (χ4v) is 2.31. The highest BCUT2D eigenvalue weighted by Gasteiger charge is 2.09. The average molecular weight is 380 g/mol. The molecule has 2 aromatic carbocycles. The van der Waals surface area contributed by atoms with Gasteiger partial charge in [0.2, 0.25) is 0 Å². The van der Waals surface area contributed by atoms with Crippen LogP contribution in [0.4, 0.5) is 0 Å². The Labute approximate surface area is 130 Å². The van der Waals surface area contributed by atoms with Crippen molar-refractivity contribution in [3.63, 3.8) is 0 Å². The number of amides is 1. The van der Waals surface area contributed by atoms with Gasteiger partial charge in [0.15, 0.2) is 0 Å². The van der Waals surface area contributed by atoms with Crippen LogP contribution >= 0.6 is 22.6 Å². The number of phenols is 1. The third kappa shape index (κ3) is 3.36. The van der Waals surface area contributed by atoms with Crippen molar-refractivity contribution < 1.29 is 9.90 Å². The number of hydrogen-bond acceptors (Lipinski definition) is 3. The van der Waals surface area contributed by atoms with Crippen molar-refractivity contribution in [1.29, 1.82) is 0 Å². The van der Waals surface area contributed by atoms with Crippen molar-refractivity contribution in [1.82, 2.24) is 5.43 Å². The van der Waals surface area contributed by atoms with Gasteiger partial charge in [-0.05, 0) is 53.8 Å².